The van der Waals surface area contributed by atoms with Crippen molar-refractivity contribution in [2.75, 3.05) is 24.6 Å². The van der Waals surface area contributed by atoms with Crippen LogP contribution in [0.2, 0.25) is 0 Å². The van der Waals surface area contributed by atoms with Gasteiger partial charge in [0.15, 0.2) is 0 Å². The van der Waals surface area contributed by atoms with Crippen molar-refractivity contribution in [1.29, 1.82) is 0 Å². The minimum Gasteiger partial charge on any atom is -0.490 e. The number of rotatable bonds is 4. The molecule has 0 spiro atoms. The molecule has 0 bridgehead atoms. The molecular formula is C17H18N2O4S. The van der Waals surface area contributed by atoms with E-state index in [0.717, 1.165) is 5.69 Å². The van der Waals surface area contributed by atoms with Gasteiger partial charge in [-0.1, -0.05) is 19.1 Å². The molecule has 0 unspecified atom stereocenters. The second-order valence-corrected chi connectivity index (χ2v) is 7.07. The van der Waals surface area contributed by atoms with Gasteiger partial charge >= 0.3 is 0 Å². The average Bonchev–Trinajstić information content (AvgIpc) is 2.61. The third-order valence-corrected chi connectivity index (χ3v) is 5.28. The van der Waals surface area contributed by atoms with Gasteiger partial charge < -0.3 is 9.64 Å². The van der Waals surface area contributed by atoms with Crippen molar-refractivity contribution in [2.24, 2.45) is 0 Å². The highest BCUT2D eigenvalue weighted by Gasteiger charge is 2.24. The molecule has 24 heavy (non-hydrogen) atoms. The summed E-state index contributed by atoms with van der Waals surface area (Å²) >= 11 is 0. The van der Waals surface area contributed by atoms with Gasteiger partial charge in [-0.15, -0.1) is 0 Å². The van der Waals surface area contributed by atoms with E-state index in [1.807, 2.05) is 24.3 Å². The van der Waals surface area contributed by atoms with Crippen LogP contribution in [0.3, 0.4) is 0 Å². The molecule has 0 atom stereocenters. The third kappa shape index (κ3) is 3.13. The third-order valence-electron chi connectivity index (χ3n) is 3.72. The Balaban J connectivity index is 1.87. The van der Waals surface area contributed by atoms with Gasteiger partial charge in [0.2, 0.25) is 10.0 Å². The number of benzene rings is 2. The lowest BCUT2D eigenvalue weighted by molar-refractivity contribution is 0.0976. The molecule has 0 aromatic heterocycles. The summed E-state index contributed by atoms with van der Waals surface area (Å²) < 4.78 is 31.9. The van der Waals surface area contributed by atoms with E-state index in [9.17, 15) is 13.2 Å². The van der Waals surface area contributed by atoms with Gasteiger partial charge in [0.05, 0.1) is 17.1 Å². The topological polar surface area (TPSA) is 75.7 Å². The molecule has 7 heteroatoms. The number of carbonyl (C=O) groups is 1. The van der Waals surface area contributed by atoms with Crippen LogP contribution in [0.1, 0.15) is 17.3 Å². The first-order valence-electron chi connectivity index (χ1n) is 7.66. The van der Waals surface area contributed by atoms with E-state index in [2.05, 4.69) is 4.72 Å². The fraction of sp³-hybridized carbons (Fsp3) is 0.235. The summed E-state index contributed by atoms with van der Waals surface area (Å²) in [5.41, 5.74) is 1.15. The number of fused-ring (bicyclic) bond motifs is 1. The van der Waals surface area contributed by atoms with Crippen LogP contribution >= 0.6 is 0 Å². The minimum absolute atomic E-state index is 0.142. The zero-order valence-electron chi connectivity index (χ0n) is 13.2. The number of nitrogens with zero attached hydrogens (tertiary/aromatic N) is 1. The predicted octanol–water partition coefficient (Wildman–Crippen LogP) is 2.02. The number of hydrogen-bond acceptors (Lipinski definition) is 4. The van der Waals surface area contributed by atoms with Gasteiger partial charge in [-0.2, -0.15) is 0 Å². The number of sulfonamides is 1. The molecular weight excluding hydrogens is 328 g/mol. The van der Waals surface area contributed by atoms with Crippen LogP contribution < -0.4 is 14.4 Å². The Labute approximate surface area is 141 Å². The van der Waals surface area contributed by atoms with Crippen LogP contribution in [-0.4, -0.2) is 34.0 Å². The first-order chi connectivity index (χ1) is 11.5. The zero-order chi connectivity index (χ0) is 17.2. The smallest absolute Gasteiger partial charge is 0.258 e. The molecule has 126 valence electrons. The van der Waals surface area contributed by atoms with Crippen LogP contribution in [-0.2, 0) is 10.0 Å². The molecule has 1 heterocycles. The van der Waals surface area contributed by atoms with Gasteiger partial charge in [0, 0.05) is 12.1 Å². The SMILES string of the molecule is CCNS(=O)(=O)c1ccc(C(=O)N2CCOc3ccccc32)cc1. The molecule has 0 fully saturated rings. The lowest BCUT2D eigenvalue weighted by Crippen LogP contribution is -2.37. The Morgan fingerprint density at radius 2 is 1.88 bits per heavy atom. The summed E-state index contributed by atoms with van der Waals surface area (Å²) in [4.78, 5) is 14.5. The Kier molecular flexibility index (Phi) is 4.55. The van der Waals surface area contributed by atoms with Gasteiger partial charge in [-0.05, 0) is 36.4 Å². The number of ether oxygens (including phenoxy) is 1. The molecule has 1 aliphatic heterocycles. The molecule has 1 amide bonds. The van der Waals surface area contributed by atoms with Gasteiger partial charge in [0.25, 0.3) is 5.91 Å². The van der Waals surface area contributed by atoms with E-state index in [1.54, 1.807) is 11.8 Å². The van der Waals surface area contributed by atoms with E-state index >= 15 is 0 Å². The fourth-order valence-electron chi connectivity index (χ4n) is 2.59. The monoisotopic (exact) mass is 346 g/mol. The standard InChI is InChI=1S/C17H18N2O4S/c1-2-18-24(21,22)14-9-7-13(8-10-14)17(20)19-11-12-23-16-6-4-3-5-15(16)19/h3-10,18H,2,11-12H2,1H3. The quantitative estimate of drug-likeness (QED) is 0.919. The van der Waals surface area contributed by atoms with Crippen molar-refractivity contribution < 1.29 is 17.9 Å². The summed E-state index contributed by atoms with van der Waals surface area (Å²) in [6.45, 7) is 2.90. The first-order valence-corrected chi connectivity index (χ1v) is 9.14. The Morgan fingerprint density at radius 1 is 1.17 bits per heavy atom. The number of anilines is 1. The Bertz CT molecular complexity index is 847. The summed E-state index contributed by atoms with van der Waals surface area (Å²) in [5.74, 6) is 0.488. The van der Waals surface area contributed by atoms with Crippen LogP contribution in [0.4, 0.5) is 5.69 Å². The predicted molar refractivity (Wildman–Crippen MR) is 90.9 cm³/mol. The lowest BCUT2D eigenvalue weighted by Gasteiger charge is -2.29. The van der Waals surface area contributed by atoms with E-state index in [0.29, 0.717) is 31.0 Å². The minimum atomic E-state index is -3.52. The molecule has 0 radical (unpaired) electrons. The van der Waals surface area contributed by atoms with Crippen molar-refractivity contribution >= 4 is 21.6 Å². The van der Waals surface area contributed by atoms with Crippen molar-refractivity contribution in [1.82, 2.24) is 4.72 Å². The molecule has 2 aromatic carbocycles. The van der Waals surface area contributed by atoms with Gasteiger partial charge in [-0.3, -0.25) is 4.79 Å². The van der Waals surface area contributed by atoms with Crippen molar-refractivity contribution in [3.05, 3.63) is 54.1 Å². The summed E-state index contributed by atoms with van der Waals surface area (Å²) in [6, 6.07) is 13.3. The van der Waals surface area contributed by atoms with Crippen molar-refractivity contribution in [2.45, 2.75) is 11.8 Å². The second kappa shape index (κ2) is 6.62. The van der Waals surface area contributed by atoms with E-state index in [-0.39, 0.29) is 10.8 Å². The highest BCUT2D eigenvalue weighted by atomic mass is 32.2. The number of carbonyl (C=O) groups excluding carboxylic acids is 1. The van der Waals surface area contributed by atoms with Crippen LogP contribution in [0.25, 0.3) is 0 Å². The molecule has 1 aliphatic rings. The number of para-hydroxylation sites is 2. The number of nitrogens with one attached hydrogen (secondary N) is 1. The van der Waals surface area contributed by atoms with E-state index in [4.69, 9.17) is 4.74 Å². The highest BCUT2D eigenvalue weighted by molar-refractivity contribution is 7.89. The first kappa shape index (κ1) is 16.5. The normalized spacial score (nSPS) is 14.0. The number of hydrogen-bond donors (Lipinski definition) is 1. The summed E-state index contributed by atoms with van der Waals surface area (Å²) in [5, 5.41) is 0. The molecule has 6 nitrogen and oxygen atoms in total. The molecule has 0 aliphatic carbocycles. The average molecular weight is 346 g/mol. The molecule has 0 saturated heterocycles. The second-order valence-electron chi connectivity index (χ2n) is 5.30. The van der Waals surface area contributed by atoms with Gasteiger partial charge in [0.1, 0.15) is 12.4 Å². The fourth-order valence-corrected chi connectivity index (χ4v) is 3.63. The Morgan fingerprint density at radius 3 is 2.58 bits per heavy atom. The number of amides is 1. The molecule has 1 N–H and O–H groups in total. The van der Waals surface area contributed by atoms with Crippen molar-refractivity contribution in [3.63, 3.8) is 0 Å². The summed E-state index contributed by atoms with van der Waals surface area (Å²) in [6.07, 6.45) is 0. The molecule has 3 rings (SSSR count). The lowest BCUT2D eigenvalue weighted by atomic mass is 10.1. The van der Waals surface area contributed by atoms with E-state index in [1.165, 1.54) is 24.3 Å². The van der Waals surface area contributed by atoms with Crippen LogP contribution in [0.5, 0.6) is 5.75 Å². The highest BCUT2D eigenvalue weighted by Crippen LogP contribution is 2.32. The van der Waals surface area contributed by atoms with Gasteiger partial charge in [-0.25, -0.2) is 13.1 Å². The summed E-state index contributed by atoms with van der Waals surface area (Å²) in [7, 11) is -3.52. The maximum Gasteiger partial charge on any atom is 0.258 e. The zero-order valence-corrected chi connectivity index (χ0v) is 14.0. The maximum atomic E-state index is 12.8. The van der Waals surface area contributed by atoms with E-state index < -0.39 is 10.0 Å². The largest absolute Gasteiger partial charge is 0.490 e. The van der Waals surface area contributed by atoms with Crippen molar-refractivity contribution in [3.8, 4) is 5.75 Å². The van der Waals surface area contributed by atoms with Crippen LogP contribution in [0.15, 0.2) is 53.4 Å². The Hall–Kier alpha value is -2.38. The molecule has 2 aromatic rings. The molecule has 0 saturated carbocycles. The maximum absolute atomic E-state index is 12.8. The van der Waals surface area contributed by atoms with Crippen LogP contribution in [0, 0.1) is 0 Å².